The lowest BCUT2D eigenvalue weighted by Gasteiger charge is -2.05. The molecule has 0 fully saturated rings. The van der Waals surface area contributed by atoms with Gasteiger partial charge >= 0.3 is 0 Å². The van der Waals surface area contributed by atoms with Gasteiger partial charge in [-0.2, -0.15) is 0 Å². The van der Waals surface area contributed by atoms with Gasteiger partial charge in [-0.25, -0.2) is 0 Å². The summed E-state index contributed by atoms with van der Waals surface area (Å²) in [5.41, 5.74) is 3.16. The molecule has 2 aromatic rings. The number of rotatable bonds is 7. The van der Waals surface area contributed by atoms with E-state index in [1.54, 1.807) is 11.3 Å². The SMILES string of the molecule is Cc1ccc(-c2nnc(CCCNCC(C)C)s2)c(C)n1. The molecule has 2 aromatic heterocycles. The zero-order valence-corrected chi connectivity index (χ0v) is 14.1. The molecule has 0 amide bonds. The second kappa shape index (κ2) is 7.61. The fourth-order valence-corrected chi connectivity index (χ4v) is 3.09. The molecule has 0 aliphatic rings. The second-order valence-corrected chi connectivity index (χ2v) is 6.85. The predicted molar refractivity (Wildman–Crippen MR) is 88.6 cm³/mol. The third-order valence-corrected chi connectivity index (χ3v) is 4.24. The van der Waals surface area contributed by atoms with Crippen molar-refractivity contribution < 1.29 is 0 Å². The summed E-state index contributed by atoms with van der Waals surface area (Å²) in [6.45, 7) is 10.6. The van der Waals surface area contributed by atoms with Gasteiger partial charge in [-0.3, -0.25) is 4.98 Å². The highest BCUT2D eigenvalue weighted by atomic mass is 32.1. The lowest BCUT2D eigenvalue weighted by atomic mass is 10.2. The summed E-state index contributed by atoms with van der Waals surface area (Å²) in [5.74, 6) is 0.704. The van der Waals surface area contributed by atoms with Gasteiger partial charge in [-0.15, -0.1) is 10.2 Å². The van der Waals surface area contributed by atoms with Gasteiger partial charge in [0, 0.05) is 23.4 Å². The fraction of sp³-hybridized carbons (Fsp3) is 0.562. The van der Waals surface area contributed by atoms with Crippen molar-refractivity contribution in [2.24, 2.45) is 5.92 Å². The van der Waals surface area contributed by atoms with Crippen LogP contribution in [0.15, 0.2) is 12.1 Å². The minimum atomic E-state index is 0.704. The van der Waals surface area contributed by atoms with E-state index in [1.807, 2.05) is 19.9 Å². The molecule has 0 saturated carbocycles. The summed E-state index contributed by atoms with van der Waals surface area (Å²) in [4.78, 5) is 4.49. The van der Waals surface area contributed by atoms with E-state index in [-0.39, 0.29) is 0 Å². The summed E-state index contributed by atoms with van der Waals surface area (Å²) in [6, 6.07) is 4.12. The highest BCUT2D eigenvalue weighted by Crippen LogP contribution is 2.26. The van der Waals surface area contributed by atoms with Crippen LogP contribution < -0.4 is 5.32 Å². The maximum absolute atomic E-state index is 4.49. The van der Waals surface area contributed by atoms with Crippen LogP contribution >= 0.6 is 11.3 Å². The number of nitrogens with zero attached hydrogens (tertiary/aromatic N) is 3. The first kappa shape index (κ1) is 16.0. The standard InChI is InChI=1S/C16H24N4S/c1-11(2)10-17-9-5-6-15-19-20-16(21-15)14-8-7-12(3)18-13(14)4/h7-8,11,17H,5-6,9-10H2,1-4H3. The van der Waals surface area contributed by atoms with Crippen molar-refractivity contribution in [3.05, 3.63) is 28.5 Å². The first-order valence-electron chi connectivity index (χ1n) is 7.54. The van der Waals surface area contributed by atoms with E-state index in [2.05, 4.69) is 40.4 Å². The molecule has 1 N–H and O–H groups in total. The van der Waals surface area contributed by atoms with Crippen LogP contribution in [0.25, 0.3) is 10.6 Å². The topological polar surface area (TPSA) is 50.7 Å². The van der Waals surface area contributed by atoms with E-state index in [0.717, 1.165) is 52.9 Å². The van der Waals surface area contributed by atoms with Crippen molar-refractivity contribution >= 4 is 11.3 Å². The molecule has 2 rings (SSSR count). The lowest BCUT2D eigenvalue weighted by Crippen LogP contribution is -2.21. The number of nitrogens with one attached hydrogen (secondary N) is 1. The van der Waals surface area contributed by atoms with Gasteiger partial charge in [0.25, 0.3) is 0 Å². The van der Waals surface area contributed by atoms with Crippen molar-refractivity contribution in [1.82, 2.24) is 20.5 Å². The molecule has 0 aliphatic carbocycles. The van der Waals surface area contributed by atoms with Crippen LogP contribution in [0.5, 0.6) is 0 Å². The molecule has 4 nitrogen and oxygen atoms in total. The Labute approximate surface area is 131 Å². The molecule has 21 heavy (non-hydrogen) atoms. The first-order valence-corrected chi connectivity index (χ1v) is 8.35. The van der Waals surface area contributed by atoms with Crippen LogP contribution in [0, 0.1) is 19.8 Å². The smallest absolute Gasteiger partial charge is 0.149 e. The van der Waals surface area contributed by atoms with E-state index >= 15 is 0 Å². The molecule has 0 aliphatic heterocycles. The molecule has 0 saturated heterocycles. The van der Waals surface area contributed by atoms with Crippen LogP contribution in [0.3, 0.4) is 0 Å². The Morgan fingerprint density at radius 1 is 1.19 bits per heavy atom. The van der Waals surface area contributed by atoms with Gasteiger partial charge in [0.05, 0.1) is 0 Å². The number of hydrogen-bond acceptors (Lipinski definition) is 5. The quantitative estimate of drug-likeness (QED) is 0.797. The normalized spacial score (nSPS) is 11.3. The van der Waals surface area contributed by atoms with Crippen molar-refractivity contribution in [3.8, 4) is 10.6 Å². The van der Waals surface area contributed by atoms with Crippen LogP contribution in [-0.4, -0.2) is 28.3 Å². The van der Waals surface area contributed by atoms with Gasteiger partial charge in [0.15, 0.2) is 0 Å². The zero-order valence-electron chi connectivity index (χ0n) is 13.3. The van der Waals surface area contributed by atoms with Crippen LogP contribution in [-0.2, 0) is 6.42 Å². The molecule has 114 valence electrons. The third-order valence-electron chi connectivity index (χ3n) is 3.22. The summed E-state index contributed by atoms with van der Waals surface area (Å²) in [7, 11) is 0. The van der Waals surface area contributed by atoms with Crippen LogP contribution in [0.2, 0.25) is 0 Å². The Morgan fingerprint density at radius 3 is 2.71 bits per heavy atom. The average molecular weight is 304 g/mol. The molecule has 2 heterocycles. The molecule has 0 radical (unpaired) electrons. The van der Waals surface area contributed by atoms with E-state index < -0.39 is 0 Å². The Morgan fingerprint density at radius 2 is 2.00 bits per heavy atom. The molecule has 0 spiro atoms. The number of pyridine rings is 1. The first-order chi connectivity index (χ1) is 10.1. The molecule has 0 aromatic carbocycles. The largest absolute Gasteiger partial charge is 0.316 e. The molecule has 0 atom stereocenters. The zero-order chi connectivity index (χ0) is 15.2. The van der Waals surface area contributed by atoms with Gasteiger partial charge in [0.2, 0.25) is 0 Å². The van der Waals surface area contributed by atoms with E-state index in [0.29, 0.717) is 5.92 Å². The predicted octanol–water partition coefficient (Wildman–Crippen LogP) is 3.40. The summed E-state index contributed by atoms with van der Waals surface area (Å²) in [5, 5.41) is 14.2. The summed E-state index contributed by atoms with van der Waals surface area (Å²) < 4.78 is 0. The molecule has 0 bridgehead atoms. The van der Waals surface area contributed by atoms with E-state index in [4.69, 9.17) is 0 Å². The maximum atomic E-state index is 4.49. The Bertz CT molecular complexity index is 577. The summed E-state index contributed by atoms with van der Waals surface area (Å²) in [6.07, 6.45) is 2.09. The molecular formula is C16H24N4S. The highest BCUT2D eigenvalue weighted by molar-refractivity contribution is 7.14. The number of hydrogen-bond donors (Lipinski definition) is 1. The van der Waals surface area contributed by atoms with Crippen molar-refractivity contribution in [3.63, 3.8) is 0 Å². The summed E-state index contributed by atoms with van der Waals surface area (Å²) >= 11 is 1.68. The lowest BCUT2D eigenvalue weighted by molar-refractivity contribution is 0.542. The maximum Gasteiger partial charge on any atom is 0.149 e. The van der Waals surface area contributed by atoms with Gasteiger partial charge in [-0.1, -0.05) is 25.2 Å². The Balaban J connectivity index is 1.89. The van der Waals surface area contributed by atoms with Crippen molar-refractivity contribution in [1.29, 1.82) is 0 Å². The fourth-order valence-electron chi connectivity index (χ4n) is 2.13. The van der Waals surface area contributed by atoms with E-state index in [1.165, 1.54) is 0 Å². The number of aromatic nitrogens is 3. The van der Waals surface area contributed by atoms with Gasteiger partial charge < -0.3 is 5.32 Å². The van der Waals surface area contributed by atoms with Gasteiger partial charge in [-0.05, 0) is 51.4 Å². The molecule has 0 unspecified atom stereocenters. The molecule has 5 heteroatoms. The van der Waals surface area contributed by atoms with Crippen LogP contribution in [0.1, 0.15) is 36.7 Å². The van der Waals surface area contributed by atoms with Crippen LogP contribution in [0.4, 0.5) is 0 Å². The third kappa shape index (κ3) is 4.86. The van der Waals surface area contributed by atoms with Crippen molar-refractivity contribution in [2.75, 3.05) is 13.1 Å². The van der Waals surface area contributed by atoms with E-state index in [9.17, 15) is 0 Å². The molecular weight excluding hydrogens is 280 g/mol. The average Bonchev–Trinajstić information content (AvgIpc) is 2.86. The highest BCUT2D eigenvalue weighted by Gasteiger charge is 2.09. The monoisotopic (exact) mass is 304 g/mol. The minimum absolute atomic E-state index is 0.704. The number of aryl methyl sites for hydroxylation is 3. The van der Waals surface area contributed by atoms with Gasteiger partial charge in [0.1, 0.15) is 10.0 Å². The minimum Gasteiger partial charge on any atom is -0.316 e. The Hall–Kier alpha value is -1.33. The van der Waals surface area contributed by atoms with Crippen molar-refractivity contribution in [2.45, 2.75) is 40.5 Å². The second-order valence-electron chi connectivity index (χ2n) is 5.79. The Kier molecular flexibility index (Phi) is 5.82.